The van der Waals surface area contributed by atoms with E-state index in [-0.39, 0.29) is 11.5 Å². The number of hydrogen-bond donors (Lipinski definition) is 0. The average molecular weight is 376 g/mol. The largest absolute Gasteiger partial charge is 0.444 e. The summed E-state index contributed by atoms with van der Waals surface area (Å²) in [4.78, 5) is 4.28. The molecule has 0 spiro atoms. The van der Waals surface area contributed by atoms with Crippen LogP contribution >= 0.6 is 11.6 Å². The highest BCUT2D eigenvalue weighted by Gasteiger charge is 2.17. The molecule has 4 nitrogen and oxygen atoms in total. The number of benzene rings is 2. The van der Waals surface area contributed by atoms with Crippen molar-refractivity contribution in [1.82, 2.24) is 4.98 Å². The SMILES string of the molecule is Cc1cc(C)cc(CS(=O)(=O)Cc2coc(-c3cccc(Cl)c3)n2)c1. The van der Waals surface area contributed by atoms with E-state index in [9.17, 15) is 8.42 Å². The highest BCUT2D eigenvalue weighted by molar-refractivity contribution is 7.89. The van der Waals surface area contributed by atoms with Gasteiger partial charge >= 0.3 is 0 Å². The fourth-order valence-corrected chi connectivity index (χ4v) is 4.36. The summed E-state index contributed by atoms with van der Waals surface area (Å²) in [6, 6.07) is 12.9. The zero-order chi connectivity index (χ0) is 18.0. The Balaban J connectivity index is 1.77. The highest BCUT2D eigenvalue weighted by atomic mass is 35.5. The van der Waals surface area contributed by atoms with E-state index in [2.05, 4.69) is 4.98 Å². The van der Waals surface area contributed by atoms with E-state index in [1.165, 1.54) is 6.26 Å². The lowest BCUT2D eigenvalue weighted by Gasteiger charge is -2.05. The van der Waals surface area contributed by atoms with Gasteiger partial charge in [0, 0.05) is 10.6 Å². The zero-order valence-corrected chi connectivity index (χ0v) is 15.6. The first-order chi connectivity index (χ1) is 11.8. The summed E-state index contributed by atoms with van der Waals surface area (Å²) in [5.41, 5.74) is 3.99. The molecule has 1 heterocycles. The van der Waals surface area contributed by atoms with Crippen LogP contribution in [-0.4, -0.2) is 13.4 Å². The second-order valence-corrected chi connectivity index (χ2v) is 8.68. The summed E-state index contributed by atoms with van der Waals surface area (Å²) in [5.74, 6) is 0.179. The van der Waals surface area contributed by atoms with Gasteiger partial charge in [-0.05, 0) is 37.6 Å². The van der Waals surface area contributed by atoms with Crippen LogP contribution in [0.3, 0.4) is 0 Å². The fourth-order valence-electron chi connectivity index (χ4n) is 2.81. The third kappa shape index (κ3) is 4.71. The Kier molecular flexibility index (Phi) is 4.97. The molecular formula is C19H18ClNO3S. The predicted molar refractivity (Wildman–Crippen MR) is 99.2 cm³/mol. The minimum absolute atomic E-state index is 0.0190. The predicted octanol–water partition coefficient (Wildman–Crippen LogP) is 4.73. The van der Waals surface area contributed by atoms with Gasteiger partial charge in [-0.15, -0.1) is 0 Å². The van der Waals surface area contributed by atoms with Gasteiger partial charge in [0.1, 0.15) is 6.26 Å². The molecule has 0 N–H and O–H groups in total. The number of halogens is 1. The maximum absolute atomic E-state index is 12.5. The summed E-state index contributed by atoms with van der Waals surface area (Å²) < 4.78 is 30.4. The lowest BCUT2D eigenvalue weighted by Crippen LogP contribution is -2.08. The third-order valence-electron chi connectivity index (χ3n) is 3.66. The third-order valence-corrected chi connectivity index (χ3v) is 5.40. The van der Waals surface area contributed by atoms with E-state index >= 15 is 0 Å². The van der Waals surface area contributed by atoms with E-state index in [1.54, 1.807) is 18.2 Å². The molecule has 0 atom stereocenters. The standard InChI is InChI=1S/C19H18ClNO3S/c1-13-6-14(2)8-15(7-13)11-25(22,23)12-18-10-24-19(21-18)16-4-3-5-17(20)9-16/h3-10H,11-12H2,1-2H3. The number of oxazole rings is 1. The lowest BCUT2D eigenvalue weighted by molar-refractivity contribution is 0.571. The maximum atomic E-state index is 12.5. The van der Waals surface area contributed by atoms with Crippen molar-refractivity contribution in [3.63, 3.8) is 0 Å². The van der Waals surface area contributed by atoms with Crippen LogP contribution in [0, 0.1) is 13.8 Å². The molecule has 2 aromatic carbocycles. The molecule has 0 radical (unpaired) electrons. The van der Waals surface area contributed by atoms with Crippen LogP contribution in [0.5, 0.6) is 0 Å². The van der Waals surface area contributed by atoms with Crippen LogP contribution in [0.1, 0.15) is 22.4 Å². The van der Waals surface area contributed by atoms with Gasteiger partial charge in [-0.2, -0.15) is 0 Å². The topological polar surface area (TPSA) is 60.2 Å². The van der Waals surface area contributed by atoms with E-state index in [0.29, 0.717) is 22.2 Å². The van der Waals surface area contributed by atoms with E-state index < -0.39 is 9.84 Å². The molecule has 1 aromatic heterocycles. The van der Waals surface area contributed by atoms with Crippen molar-refractivity contribution >= 4 is 21.4 Å². The van der Waals surface area contributed by atoms with Crippen molar-refractivity contribution in [2.24, 2.45) is 0 Å². The van der Waals surface area contributed by atoms with Gasteiger partial charge < -0.3 is 4.42 Å². The molecule has 0 amide bonds. The first-order valence-electron chi connectivity index (χ1n) is 7.79. The van der Waals surface area contributed by atoms with Crippen LogP contribution in [0.4, 0.5) is 0 Å². The first-order valence-corrected chi connectivity index (χ1v) is 9.99. The smallest absolute Gasteiger partial charge is 0.226 e. The van der Waals surface area contributed by atoms with Crippen LogP contribution < -0.4 is 0 Å². The Bertz CT molecular complexity index is 989. The van der Waals surface area contributed by atoms with Crippen molar-refractivity contribution in [3.05, 3.63) is 76.1 Å². The Morgan fingerprint density at radius 3 is 2.44 bits per heavy atom. The van der Waals surface area contributed by atoms with Gasteiger partial charge in [0.2, 0.25) is 5.89 Å². The molecule has 0 aliphatic heterocycles. The summed E-state index contributed by atoms with van der Waals surface area (Å²) in [6.07, 6.45) is 1.38. The fraction of sp³-hybridized carbons (Fsp3) is 0.211. The van der Waals surface area contributed by atoms with Crippen LogP contribution in [0.2, 0.25) is 5.02 Å². The molecule has 0 saturated heterocycles. The number of sulfone groups is 1. The summed E-state index contributed by atoms with van der Waals surface area (Å²) >= 11 is 5.96. The first kappa shape index (κ1) is 17.7. The highest BCUT2D eigenvalue weighted by Crippen LogP contribution is 2.23. The van der Waals surface area contributed by atoms with Gasteiger partial charge in [-0.1, -0.05) is 47.0 Å². The van der Waals surface area contributed by atoms with E-state index in [4.69, 9.17) is 16.0 Å². The Hall–Kier alpha value is -2.11. The van der Waals surface area contributed by atoms with Crippen molar-refractivity contribution in [2.45, 2.75) is 25.4 Å². The molecule has 0 saturated carbocycles. The summed E-state index contributed by atoms with van der Waals surface area (Å²) in [6.45, 7) is 3.91. The normalized spacial score (nSPS) is 11.6. The zero-order valence-electron chi connectivity index (χ0n) is 14.0. The van der Waals surface area contributed by atoms with Crippen molar-refractivity contribution in [2.75, 3.05) is 0 Å². The van der Waals surface area contributed by atoms with Crippen LogP contribution in [0.15, 0.2) is 53.1 Å². The Morgan fingerprint density at radius 1 is 1.04 bits per heavy atom. The molecule has 0 unspecified atom stereocenters. The molecule has 25 heavy (non-hydrogen) atoms. The van der Waals surface area contributed by atoms with Gasteiger partial charge in [-0.25, -0.2) is 13.4 Å². The Labute approximate surface area is 152 Å². The maximum Gasteiger partial charge on any atom is 0.226 e. The van der Waals surface area contributed by atoms with E-state index in [1.807, 2.05) is 38.1 Å². The minimum Gasteiger partial charge on any atom is -0.444 e. The Morgan fingerprint density at radius 2 is 1.76 bits per heavy atom. The molecule has 130 valence electrons. The number of aromatic nitrogens is 1. The molecule has 3 rings (SSSR count). The van der Waals surface area contributed by atoms with Crippen molar-refractivity contribution < 1.29 is 12.8 Å². The molecular weight excluding hydrogens is 358 g/mol. The molecule has 0 fully saturated rings. The molecule has 0 aliphatic rings. The summed E-state index contributed by atoms with van der Waals surface area (Å²) in [5, 5.41) is 0.569. The molecule has 6 heteroatoms. The minimum atomic E-state index is -3.35. The molecule has 0 aliphatic carbocycles. The summed E-state index contributed by atoms with van der Waals surface area (Å²) in [7, 11) is -3.35. The second kappa shape index (κ2) is 7.02. The monoisotopic (exact) mass is 375 g/mol. The number of hydrogen-bond acceptors (Lipinski definition) is 4. The van der Waals surface area contributed by atoms with Gasteiger partial charge in [0.25, 0.3) is 0 Å². The van der Waals surface area contributed by atoms with Gasteiger partial charge in [0.05, 0.1) is 17.2 Å². The average Bonchev–Trinajstić information content (AvgIpc) is 2.93. The number of nitrogens with zero attached hydrogens (tertiary/aromatic N) is 1. The number of aryl methyl sites for hydroxylation is 2. The lowest BCUT2D eigenvalue weighted by atomic mass is 10.1. The van der Waals surface area contributed by atoms with Crippen molar-refractivity contribution in [1.29, 1.82) is 0 Å². The van der Waals surface area contributed by atoms with Crippen LogP contribution in [0.25, 0.3) is 11.5 Å². The molecule has 3 aromatic rings. The van der Waals surface area contributed by atoms with Crippen molar-refractivity contribution in [3.8, 4) is 11.5 Å². The quantitative estimate of drug-likeness (QED) is 0.647. The van der Waals surface area contributed by atoms with E-state index in [0.717, 1.165) is 16.7 Å². The van der Waals surface area contributed by atoms with Crippen LogP contribution in [-0.2, 0) is 21.3 Å². The number of rotatable bonds is 5. The van der Waals surface area contributed by atoms with Gasteiger partial charge in [0.15, 0.2) is 9.84 Å². The second-order valence-electron chi connectivity index (χ2n) is 6.18. The molecule has 0 bridgehead atoms. The van der Waals surface area contributed by atoms with Gasteiger partial charge in [-0.3, -0.25) is 0 Å².